The lowest BCUT2D eigenvalue weighted by atomic mass is 9.76. The molecule has 2 aromatic heterocycles. The molecule has 0 spiro atoms. The molecule has 4 heterocycles. The zero-order valence-electron chi connectivity index (χ0n) is 18.9. The number of carbonyl (C=O) groups is 1. The molecule has 2 aliphatic rings. The van der Waals surface area contributed by atoms with E-state index in [0.29, 0.717) is 13.1 Å². The van der Waals surface area contributed by atoms with E-state index in [4.69, 9.17) is 4.74 Å². The summed E-state index contributed by atoms with van der Waals surface area (Å²) in [5.41, 5.74) is 1.88. The summed E-state index contributed by atoms with van der Waals surface area (Å²) in [4.78, 5) is 22.2. The first kappa shape index (κ1) is 22.2. The van der Waals surface area contributed by atoms with Gasteiger partial charge in [0.15, 0.2) is 5.13 Å². The molecule has 1 amide bonds. The predicted molar refractivity (Wildman–Crippen MR) is 121 cm³/mol. The molecule has 7 heteroatoms. The lowest BCUT2D eigenvalue weighted by Gasteiger charge is -2.39. The van der Waals surface area contributed by atoms with Crippen molar-refractivity contribution in [3.63, 3.8) is 0 Å². The minimum Gasteiger partial charge on any atom is -0.444 e. The van der Waals surface area contributed by atoms with E-state index in [1.165, 1.54) is 23.0 Å². The van der Waals surface area contributed by atoms with E-state index in [9.17, 15) is 9.18 Å². The molecule has 2 atom stereocenters. The summed E-state index contributed by atoms with van der Waals surface area (Å²) < 4.78 is 19.4. The number of carbonyl (C=O) groups excluding carboxylic acids is 1. The van der Waals surface area contributed by atoms with Crippen molar-refractivity contribution in [3.05, 3.63) is 51.7 Å². The van der Waals surface area contributed by atoms with Crippen molar-refractivity contribution in [1.29, 1.82) is 0 Å². The molecule has 31 heavy (non-hydrogen) atoms. The van der Waals surface area contributed by atoms with Crippen LogP contribution in [-0.2, 0) is 16.7 Å². The van der Waals surface area contributed by atoms with Crippen LogP contribution in [0.1, 0.15) is 49.7 Å². The van der Waals surface area contributed by atoms with E-state index in [1.807, 2.05) is 26.1 Å². The van der Waals surface area contributed by atoms with Crippen molar-refractivity contribution in [2.75, 3.05) is 26.2 Å². The normalized spacial score (nSPS) is 24.7. The van der Waals surface area contributed by atoms with E-state index < -0.39 is 0 Å². The summed E-state index contributed by atoms with van der Waals surface area (Å²) in [7, 11) is 0. The monoisotopic (exact) mass is 445 g/mol. The topological polar surface area (TPSA) is 45.7 Å². The highest BCUT2D eigenvalue weighted by molar-refractivity contribution is 7.10. The van der Waals surface area contributed by atoms with E-state index >= 15 is 0 Å². The molecular weight excluding hydrogens is 413 g/mol. The maximum Gasteiger partial charge on any atom is 0.410 e. The molecule has 0 aromatic carbocycles. The Morgan fingerprint density at radius 2 is 2.13 bits per heavy atom. The molecule has 2 aliphatic heterocycles. The van der Waals surface area contributed by atoms with Gasteiger partial charge in [0.2, 0.25) is 0 Å². The van der Waals surface area contributed by atoms with Gasteiger partial charge < -0.3 is 9.64 Å². The van der Waals surface area contributed by atoms with Gasteiger partial charge in [-0.25, -0.2) is 4.79 Å². The summed E-state index contributed by atoms with van der Waals surface area (Å²) in [6.07, 6.45) is 4.25. The highest BCUT2D eigenvalue weighted by Crippen LogP contribution is 2.46. The number of ether oxygens (including phenoxy) is 1. The lowest BCUT2D eigenvalue weighted by Crippen LogP contribution is -2.45. The summed E-state index contributed by atoms with van der Waals surface area (Å²) in [6.45, 7) is 11.5. The zero-order chi connectivity index (χ0) is 22.2. The van der Waals surface area contributed by atoms with Crippen molar-refractivity contribution in [2.45, 2.75) is 58.6 Å². The van der Waals surface area contributed by atoms with Crippen LogP contribution in [0, 0.1) is 17.5 Å². The molecule has 0 aliphatic carbocycles. The quantitative estimate of drug-likeness (QED) is 0.602. The molecule has 4 rings (SSSR count). The standard InChI is InChI=1S/C24H32FN3O2S/c1-5-27-15-20(30-22(27)29)24(11-10-19-8-9-21(25)31-19)12-13-28(16-24)23(3,4)18-7-6-17(2)26-14-18/h6-9,14,20H,5,10-13,15-16H2,1-4H3/t20?,24-/m1/s1. The van der Waals surface area contributed by atoms with Gasteiger partial charge in [-0.05, 0) is 77.3 Å². The maximum absolute atomic E-state index is 13.5. The second-order valence-electron chi connectivity index (χ2n) is 9.40. The Hall–Kier alpha value is -1.99. The molecule has 0 N–H and O–H groups in total. The Kier molecular flexibility index (Phi) is 6.10. The Balaban J connectivity index is 1.57. The number of pyridine rings is 1. The summed E-state index contributed by atoms with van der Waals surface area (Å²) in [6, 6.07) is 7.63. The van der Waals surface area contributed by atoms with Crippen molar-refractivity contribution in [1.82, 2.24) is 14.8 Å². The van der Waals surface area contributed by atoms with Crippen molar-refractivity contribution >= 4 is 17.4 Å². The molecule has 2 fully saturated rings. The van der Waals surface area contributed by atoms with Crippen LogP contribution in [0.5, 0.6) is 0 Å². The van der Waals surface area contributed by atoms with Gasteiger partial charge >= 0.3 is 6.09 Å². The van der Waals surface area contributed by atoms with Gasteiger partial charge in [0.1, 0.15) is 6.10 Å². The highest BCUT2D eigenvalue weighted by Gasteiger charge is 2.52. The summed E-state index contributed by atoms with van der Waals surface area (Å²) in [5, 5.41) is -0.144. The Morgan fingerprint density at radius 1 is 1.32 bits per heavy atom. The number of likely N-dealkylation sites (N-methyl/N-ethyl adjacent to an activating group) is 1. The average Bonchev–Trinajstić information content (AvgIpc) is 3.46. The van der Waals surface area contributed by atoms with Crippen LogP contribution < -0.4 is 0 Å². The van der Waals surface area contributed by atoms with E-state index in [2.05, 4.69) is 35.9 Å². The van der Waals surface area contributed by atoms with E-state index in [0.717, 1.165) is 42.9 Å². The van der Waals surface area contributed by atoms with Gasteiger partial charge in [0, 0.05) is 40.8 Å². The van der Waals surface area contributed by atoms with Crippen molar-refractivity contribution in [3.8, 4) is 0 Å². The smallest absolute Gasteiger partial charge is 0.410 e. The van der Waals surface area contributed by atoms with Crippen molar-refractivity contribution in [2.24, 2.45) is 5.41 Å². The van der Waals surface area contributed by atoms with Crippen LogP contribution in [0.25, 0.3) is 0 Å². The molecule has 2 aromatic rings. The van der Waals surface area contributed by atoms with Crippen LogP contribution in [-0.4, -0.2) is 53.2 Å². The molecule has 0 radical (unpaired) electrons. The number of hydrogen-bond donors (Lipinski definition) is 0. The second-order valence-corrected chi connectivity index (χ2v) is 10.5. The molecule has 168 valence electrons. The maximum atomic E-state index is 13.5. The third-order valence-electron chi connectivity index (χ3n) is 7.24. The average molecular weight is 446 g/mol. The Labute approximate surface area is 188 Å². The zero-order valence-corrected chi connectivity index (χ0v) is 19.7. The lowest BCUT2D eigenvalue weighted by molar-refractivity contribution is 0.0280. The van der Waals surface area contributed by atoms with Gasteiger partial charge in [0.25, 0.3) is 0 Å². The van der Waals surface area contributed by atoms with Crippen LogP contribution in [0.2, 0.25) is 0 Å². The van der Waals surface area contributed by atoms with Gasteiger partial charge in [0.05, 0.1) is 6.54 Å². The molecular formula is C24H32FN3O2S. The second kappa shape index (κ2) is 8.51. The first-order valence-corrected chi connectivity index (χ1v) is 11.9. The fourth-order valence-electron chi connectivity index (χ4n) is 4.96. The summed E-state index contributed by atoms with van der Waals surface area (Å²) in [5.74, 6) is 0. The number of aromatic nitrogens is 1. The third-order valence-corrected chi connectivity index (χ3v) is 8.18. The highest BCUT2D eigenvalue weighted by atomic mass is 32.1. The van der Waals surface area contributed by atoms with Gasteiger partial charge in [-0.15, -0.1) is 11.3 Å². The van der Waals surface area contributed by atoms with E-state index in [-0.39, 0.29) is 28.3 Å². The van der Waals surface area contributed by atoms with Crippen molar-refractivity contribution < 1.29 is 13.9 Å². The number of halogens is 1. The summed E-state index contributed by atoms with van der Waals surface area (Å²) >= 11 is 1.22. The number of aryl methyl sites for hydroxylation is 2. The third kappa shape index (κ3) is 4.35. The molecule has 0 bridgehead atoms. The minimum absolute atomic E-state index is 0.137. The molecule has 0 saturated carbocycles. The number of thiophene rings is 1. The largest absolute Gasteiger partial charge is 0.444 e. The van der Waals surface area contributed by atoms with Gasteiger partial charge in [-0.1, -0.05) is 6.07 Å². The van der Waals surface area contributed by atoms with Crippen LogP contribution in [0.15, 0.2) is 30.5 Å². The SMILES string of the molecule is CCN1CC([C@]2(CCc3ccc(F)s3)CCN(C(C)(C)c3ccc(C)nc3)C2)OC1=O. The number of cyclic esters (lactones) is 1. The van der Waals surface area contributed by atoms with Crippen LogP contribution in [0.4, 0.5) is 9.18 Å². The molecule has 1 unspecified atom stereocenters. The van der Waals surface area contributed by atoms with Gasteiger partial charge in [-0.3, -0.25) is 9.88 Å². The fourth-order valence-corrected chi connectivity index (χ4v) is 5.68. The number of nitrogens with zero attached hydrogens (tertiary/aromatic N) is 3. The number of hydrogen-bond acceptors (Lipinski definition) is 5. The minimum atomic E-state index is -0.213. The predicted octanol–water partition coefficient (Wildman–Crippen LogP) is 4.99. The fraction of sp³-hybridized carbons (Fsp3) is 0.583. The number of likely N-dealkylation sites (tertiary alicyclic amines) is 1. The van der Waals surface area contributed by atoms with E-state index in [1.54, 1.807) is 4.90 Å². The Morgan fingerprint density at radius 3 is 2.74 bits per heavy atom. The van der Waals surface area contributed by atoms with Gasteiger partial charge in [-0.2, -0.15) is 4.39 Å². The Bertz CT molecular complexity index is 929. The van der Waals surface area contributed by atoms with Crippen LogP contribution in [0.3, 0.4) is 0 Å². The first-order valence-electron chi connectivity index (χ1n) is 11.1. The number of rotatable bonds is 7. The van der Waals surface area contributed by atoms with Crippen LogP contribution >= 0.6 is 11.3 Å². The first-order chi connectivity index (χ1) is 14.7. The molecule has 5 nitrogen and oxygen atoms in total. The number of amides is 1. The molecule has 2 saturated heterocycles.